The van der Waals surface area contributed by atoms with Gasteiger partial charge in [-0.25, -0.2) is 9.78 Å². The molecular formula is C22H25N3O2. The fraction of sp³-hybridized carbons (Fsp3) is 0.364. The zero-order valence-electron chi connectivity index (χ0n) is 15.6. The highest BCUT2D eigenvalue weighted by Crippen LogP contribution is 2.32. The highest BCUT2D eigenvalue weighted by Gasteiger charge is 2.25. The third kappa shape index (κ3) is 3.47. The molecule has 0 radical (unpaired) electrons. The van der Waals surface area contributed by atoms with Gasteiger partial charge in [0.1, 0.15) is 5.65 Å². The van der Waals surface area contributed by atoms with Gasteiger partial charge in [-0.3, -0.25) is 4.90 Å². The number of benzene rings is 1. The van der Waals surface area contributed by atoms with Gasteiger partial charge in [0.25, 0.3) is 0 Å². The summed E-state index contributed by atoms with van der Waals surface area (Å²) >= 11 is 0. The normalized spacial score (nSPS) is 18.0. The second-order valence-corrected chi connectivity index (χ2v) is 7.20. The van der Waals surface area contributed by atoms with Crippen molar-refractivity contribution in [3.63, 3.8) is 0 Å². The quantitative estimate of drug-likeness (QED) is 0.733. The fourth-order valence-corrected chi connectivity index (χ4v) is 4.20. The minimum absolute atomic E-state index is 0.279. The maximum absolute atomic E-state index is 11.3. The van der Waals surface area contributed by atoms with E-state index in [1.165, 1.54) is 30.5 Å². The number of piperidine rings is 1. The lowest BCUT2D eigenvalue weighted by molar-refractivity contribution is 0.0697. The Morgan fingerprint density at radius 3 is 2.78 bits per heavy atom. The third-order valence-corrected chi connectivity index (χ3v) is 5.54. The molecule has 0 aliphatic carbocycles. The van der Waals surface area contributed by atoms with Gasteiger partial charge in [-0.05, 0) is 43.5 Å². The minimum Gasteiger partial charge on any atom is -0.478 e. The summed E-state index contributed by atoms with van der Waals surface area (Å²) in [4.78, 5) is 18.6. The van der Waals surface area contributed by atoms with Crippen LogP contribution in [0.5, 0.6) is 0 Å². The Morgan fingerprint density at radius 1 is 1.22 bits per heavy atom. The van der Waals surface area contributed by atoms with Gasteiger partial charge in [-0.1, -0.05) is 43.7 Å². The van der Waals surface area contributed by atoms with E-state index in [1.807, 2.05) is 10.6 Å². The Kier molecular flexibility index (Phi) is 4.94. The van der Waals surface area contributed by atoms with E-state index in [0.29, 0.717) is 6.04 Å². The molecule has 0 bridgehead atoms. The molecule has 2 aromatic heterocycles. The van der Waals surface area contributed by atoms with Crippen LogP contribution in [-0.2, 0) is 13.0 Å². The summed E-state index contributed by atoms with van der Waals surface area (Å²) in [5.74, 6) is -0.916. The molecule has 1 aliphatic heterocycles. The number of nitrogens with zero attached hydrogens (tertiary/aromatic N) is 3. The van der Waals surface area contributed by atoms with Gasteiger partial charge >= 0.3 is 5.97 Å². The molecule has 0 spiro atoms. The average Bonchev–Trinajstić information content (AvgIpc) is 3.05. The number of carboxylic acid groups (broad SMARTS) is 1. The van der Waals surface area contributed by atoms with Crippen molar-refractivity contribution in [2.24, 2.45) is 0 Å². The van der Waals surface area contributed by atoms with E-state index in [-0.39, 0.29) is 5.56 Å². The number of carboxylic acids is 1. The lowest BCUT2D eigenvalue weighted by Crippen LogP contribution is -2.33. The standard InChI is InChI=1S/C22H25N3O2/c1-2-19-18(23-21-14-17(22(26)27)11-13-25(19)21)15-24-12-7-6-10-20(24)16-8-4-3-5-9-16/h3-5,8-9,11,13-14,20H,2,6-7,10,12,15H2,1H3,(H,26,27). The summed E-state index contributed by atoms with van der Waals surface area (Å²) in [7, 11) is 0. The average molecular weight is 363 g/mol. The maximum atomic E-state index is 11.3. The first-order chi connectivity index (χ1) is 13.2. The Balaban J connectivity index is 1.67. The van der Waals surface area contributed by atoms with Gasteiger partial charge in [-0.15, -0.1) is 0 Å². The summed E-state index contributed by atoms with van der Waals surface area (Å²) in [6.45, 7) is 3.99. The molecule has 3 heterocycles. The first-order valence-corrected chi connectivity index (χ1v) is 9.69. The van der Waals surface area contributed by atoms with Crippen LogP contribution in [0.2, 0.25) is 0 Å². The second kappa shape index (κ2) is 7.53. The Morgan fingerprint density at radius 2 is 2.04 bits per heavy atom. The highest BCUT2D eigenvalue weighted by atomic mass is 16.4. The van der Waals surface area contributed by atoms with E-state index in [2.05, 4.69) is 42.2 Å². The van der Waals surface area contributed by atoms with Crippen LogP contribution < -0.4 is 0 Å². The van der Waals surface area contributed by atoms with Crippen LogP contribution in [-0.4, -0.2) is 31.9 Å². The molecule has 27 heavy (non-hydrogen) atoms. The minimum atomic E-state index is -0.916. The van der Waals surface area contributed by atoms with E-state index in [9.17, 15) is 9.90 Å². The maximum Gasteiger partial charge on any atom is 0.335 e. The summed E-state index contributed by atoms with van der Waals surface area (Å²) in [5.41, 5.74) is 4.59. The molecule has 1 saturated heterocycles. The lowest BCUT2D eigenvalue weighted by Gasteiger charge is -2.35. The predicted octanol–water partition coefficient (Wildman–Crippen LogP) is 4.32. The van der Waals surface area contributed by atoms with E-state index in [1.54, 1.807) is 12.1 Å². The van der Waals surface area contributed by atoms with E-state index in [0.717, 1.165) is 30.9 Å². The van der Waals surface area contributed by atoms with Crippen LogP contribution in [0.15, 0.2) is 48.7 Å². The number of aromatic nitrogens is 2. The Bertz CT molecular complexity index is 949. The number of aryl methyl sites for hydroxylation is 1. The monoisotopic (exact) mass is 363 g/mol. The second-order valence-electron chi connectivity index (χ2n) is 7.20. The number of rotatable bonds is 5. The van der Waals surface area contributed by atoms with Gasteiger partial charge in [0.15, 0.2) is 0 Å². The molecule has 0 amide bonds. The molecule has 1 aliphatic rings. The number of fused-ring (bicyclic) bond motifs is 1. The van der Waals surface area contributed by atoms with E-state index >= 15 is 0 Å². The molecule has 4 rings (SSSR count). The van der Waals surface area contributed by atoms with Gasteiger partial charge < -0.3 is 9.51 Å². The van der Waals surface area contributed by atoms with Crippen LogP contribution in [0.4, 0.5) is 0 Å². The molecule has 1 fully saturated rings. The molecule has 3 aromatic rings. The molecule has 5 heteroatoms. The molecule has 1 unspecified atom stereocenters. The zero-order chi connectivity index (χ0) is 18.8. The Labute approximate surface area is 159 Å². The van der Waals surface area contributed by atoms with Crippen LogP contribution in [0.3, 0.4) is 0 Å². The predicted molar refractivity (Wildman–Crippen MR) is 105 cm³/mol. The summed E-state index contributed by atoms with van der Waals surface area (Å²) in [5, 5.41) is 9.25. The van der Waals surface area contributed by atoms with Crippen molar-refractivity contribution in [1.29, 1.82) is 0 Å². The molecule has 1 aromatic carbocycles. The topological polar surface area (TPSA) is 57.8 Å². The van der Waals surface area contributed by atoms with Gasteiger partial charge in [0.2, 0.25) is 0 Å². The lowest BCUT2D eigenvalue weighted by atomic mass is 9.95. The van der Waals surface area contributed by atoms with Crippen molar-refractivity contribution >= 4 is 11.6 Å². The van der Waals surface area contributed by atoms with Crippen molar-refractivity contribution < 1.29 is 9.90 Å². The summed E-state index contributed by atoms with van der Waals surface area (Å²) in [6.07, 6.45) is 6.33. The highest BCUT2D eigenvalue weighted by molar-refractivity contribution is 5.88. The molecule has 5 nitrogen and oxygen atoms in total. The van der Waals surface area contributed by atoms with Crippen molar-refractivity contribution in [3.8, 4) is 0 Å². The van der Waals surface area contributed by atoms with Gasteiger partial charge in [0.05, 0.1) is 11.3 Å². The largest absolute Gasteiger partial charge is 0.478 e. The summed E-state index contributed by atoms with van der Waals surface area (Å²) in [6, 6.07) is 14.4. The van der Waals surface area contributed by atoms with Crippen LogP contribution >= 0.6 is 0 Å². The van der Waals surface area contributed by atoms with Crippen LogP contribution in [0.1, 0.15) is 59.5 Å². The van der Waals surface area contributed by atoms with Crippen LogP contribution in [0, 0.1) is 0 Å². The fourth-order valence-electron chi connectivity index (χ4n) is 4.20. The summed E-state index contributed by atoms with van der Waals surface area (Å²) < 4.78 is 2.03. The third-order valence-electron chi connectivity index (χ3n) is 5.54. The van der Waals surface area contributed by atoms with Gasteiger partial charge in [0, 0.05) is 24.5 Å². The van der Waals surface area contributed by atoms with Crippen molar-refractivity contribution in [2.75, 3.05) is 6.54 Å². The molecule has 1 N–H and O–H groups in total. The SMILES string of the molecule is CCc1c(CN2CCCCC2c2ccccc2)nc2cc(C(=O)O)ccn12. The number of imidazole rings is 1. The van der Waals surface area contributed by atoms with E-state index < -0.39 is 5.97 Å². The number of carbonyl (C=O) groups is 1. The van der Waals surface area contributed by atoms with E-state index in [4.69, 9.17) is 4.98 Å². The number of hydrogen-bond acceptors (Lipinski definition) is 3. The van der Waals surface area contributed by atoms with Crippen LogP contribution in [0.25, 0.3) is 5.65 Å². The van der Waals surface area contributed by atoms with Crippen molar-refractivity contribution in [2.45, 2.75) is 45.2 Å². The number of likely N-dealkylation sites (tertiary alicyclic amines) is 1. The van der Waals surface area contributed by atoms with Crippen molar-refractivity contribution in [3.05, 3.63) is 71.2 Å². The number of pyridine rings is 1. The van der Waals surface area contributed by atoms with Crippen molar-refractivity contribution in [1.82, 2.24) is 14.3 Å². The first-order valence-electron chi connectivity index (χ1n) is 9.69. The molecule has 140 valence electrons. The number of aromatic carboxylic acids is 1. The zero-order valence-corrected chi connectivity index (χ0v) is 15.6. The first kappa shape index (κ1) is 17.7. The molecule has 1 atom stereocenters. The molecule has 0 saturated carbocycles. The van der Waals surface area contributed by atoms with Gasteiger partial charge in [-0.2, -0.15) is 0 Å². The Hall–Kier alpha value is -2.66. The number of hydrogen-bond donors (Lipinski definition) is 1. The smallest absolute Gasteiger partial charge is 0.335 e. The molecular weight excluding hydrogens is 338 g/mol.